The molecule has 2 rings (SSSR count). The van der Waals surface area contributed by atoms with Crippen molar-refractivity contribution in [2.45, 2.75) is 46.6 Å². The van der Waals surface area contributed by atoms with Crippen LogP contribution in [0.5, 0.6) is 0 Å². The lowest BCUT2D eigenvalue weighted by atomic mass is 9.96. The number of carbonyl (C=O) groups excluding carboxylic acids is 2. The largest absolute Gasteiger partial charge is 0.355 e. The summed E-state index contributed by atoms with van der Waals surface area (Å²) in [4.78, 5) is 26.9. The topological polar surface area (TPSA) is 93.2 Å². The molecule has 7 nitrogen and oxygen atoms in total. The minimum absolute atomic E-state index is 0. The third-order valence-electron chi connectivity index (χ3n) is 4.55. The van der Waals surface area contributed by atoms with Gasteiger partial charge in [0.2, 0.25) is 5.91 Å². The summed E-state index contributed by atoms with van der Waals surface area (Å²) < 4.78 is 1.90. The molecule has 2 amide bonds. The molecule has 1 unspecified atom stereocenters. The summed E-state index contributed by atoms with van der Waals surface area (Å²) in [5.41, 5.74) is 7.79. The smallest absolute Gasteiger partial charge is 0.257 e. The lowest BCUT2D eigenvalue weighted by molar-refractivity contribution is -0.126. The van der Waals surface area contributed by atoms with Gasteiger partial charge in [-0.05, 0) is 33.1 Å². The maximum absolute atomic E-state index is 13.0. The van der Waals surface area contributed by atoms with E-state index < -0.39 is 0 Å². The van der Waals surface area contributed by atoms with Gasteiger partial charge in [-0.3, -0.25) is 14.3 Å². The Morgan fingerprint density at radius 2 is 2.08 bits per heavy atom. The number of carbonyl (C=O) groups is 2. The summed E-state index contributed by atoms with van der Waals surface area (Å²) in [6.07, 6.45) is 2.63. The molecule has 1 aromatic rings. The van der Waals surface area contributed by atoms with Crippen LogP contribution in [-0.2, 0) is 11.3 Å². The van der Waals surface area contributed by atoms with Crippen molar-refractivity contribution in [1.29, 1.82) is 0 Å². The number of piperidine rings is 1. The number of rotatable bonds is 6. The van der Waals surface area contributed by atoms with E-state index in [9.17, 15) is 9.59 Å². The van der Waals surface area contributed by atoms with Gasteiger partial charge in [-0.1, -0.05) is 6.92 Å². The van der Waals surface area contributed by atoms with E-state index in [1.165, 1.54) is 0 Å². The van der Waals surface area contributed by atoms with E-state index in [2.05, 4.69) is 17.3 Å². The molecule has 0 saturated carbocycles. The van der Waals surface area contributed by atoms with Crippen LogP contribution in [0.4, 0.5) is 0 Å². The summed E-state index contributed by atoms with van der Waals surface area (Å²) in [7, 11) is 0. The van der Waals surface area contributed by atoms with Crippen molar-refractivity contribution in [2.24, 2.45) is 11.7 Å². The molecule has 2 heterocycles. The number of halogens is 1. The molecule has 0 radical (unpaired) electrons. The predicted molar refractivity (Wildman–Crippen MR) is 99.9 cm³/mol. The molecule has 1 atom stereocenters. The van der Waals surface area contributed by atoms with Gasteiger partial charge in [-0.2, -0.15) is 5.10 Å². The summed E-state index contributed by atoms with van der Waals surface area (Å²) in [6.45, 7) is 8.78. The monoisotopic (exact) mass is 371 g/mol. The van der Waals surface area contributed by atoms with Crippen LogP contribution in [0.3, 0.4) is 0 Å². The quantitative estimate of drug-likeness (QED) is 0.787. The molecule has 3 N–H and O–H groups in total. The highest BCUT2D eigenvalue weighted by atomic mass is 35.5. The standard InChI is InChI=1S/C17H29N5O2.ClH/c1-4-9-22-13(3)15(12(2)20-22)17(24)21-10-5-6-14(11-21)16(23)19-8-7-18;/h14H,4-11,18H2,1-3H3,(H,19,23);1H. The first-order valence-electron chi connectivity index (χ1n) is 8.80. The van der Waals surface area contributed by atoms with E-state index in [1.807, 2.05) is 18.5 Å². The highest BCUT2D eigenvalue weighted by Gasteiger charge is 2.31. The summed E-state index contributed by atoms with van der Waals surface area (Å²) in [6, 6.07) is 0. The van der Waals surface area contributed by atoms with Crippen LogP contribution in [0.1, 0.15) is 47.9 Å². The molecule has 142 valence electrons. The third kappa shape index (κ3) is 4.95. The first-order valence-corrected chi connectivity index (χ1v) is 8.80. The van der Waals surface area contributed by atoms with Crippen molar-refractivity contribution in [3.63, 3.8) is 0 Å². The van der Waals surface area contributed by atoms with E-state index >= 15 is 0 Å². The van der Waals surface area contributed by atoms with Gasteiger partial charge >= 0.3 is 0 Å². The van der Waals surface area contributed by atoms with Gasteiger partial charge in [0.25, 0.3) is 5.91 Å². The number of nitrogens with zero attached hydrogens (tertiary/aromatic N) is 3. The summed E-state index contributed by atoms with van der Waals surface area (Å²) >= 11 is 0. The minimum Gasteiger partial charge on any atom is -0.355 e. The Bertz CT molecular complexity index is 602. The lowest BCUT2D eigenvalue weighted by Gasteiger charge is -2.32. The first kappa shape index (κ1) is 21.4. The third-order valence-corrected chi connectivity index (χ3v) is 4.55. The summed E-state index contributed by atoms with van der Waals surface area (Å²) in [5, 5.41) is 7.31. The lowest BCUT2D eigenvalue weighted by Crippen LogP contribution is -2.46. The second kappa shape index (κ2) is 9.77. The number of likely N-dealkylation sites (tertiary alicyclic amines) is 1. The number of nitrogens with one attached hydrogen (secondary N) is 1. The van der Waals surface area contributed by atoms with Gasteiger partial charge in [-0.15, -0.1) is 12.4 Å². The zero-order valence-electron chi connectivity index (χ0n) is 15.4. The van der Waals surface area contributed by atoms with E-state index in [0.29, 0.717) is 31.7 Å². The molecule has 1 aliphatic heterocycles. The Balaban J connectivity index is 0.00000312. The molecule has 8 heteroatoms. The highest BCUT2D eigenvalue weighted by molar-refractivity contribution is 5.96. The number of nitrogens with two attached hydrogens (primary N) is 1. The average Bonchev–Trinajstić information content (AvgIpc) is 2.86. The fourth-order valence-corrected chi connectivity index (χ4v) is 3.31. The minimum atomic E-state index is -0.152. The Morgan fingerprint density at radius 1 is 1.36 bits per heavy atom. The van der Waals surface area contributed by atoms with Gasteiger partial charge < -0.3 is 16.0 Å². The summed E-state index contributed by atoms with van der Waals surface area (Å²) in [5.74, 6) is -0.169. The Hall–Kier alpha value is -1.60. The molecule has 0 spiro atoms. The second-order valence-corrected chi connectivity index (χ2v) is 6.44. The Morgan fingerprint density at radius 3 is 2.72 bits per heavy atom. The van der Waals surface area contributed by atoms with Crippen LogP contribution in [0.25, 0.3) is 0 Å². The zero-order chi connectivity index (χ0) is 17.7. The van der Waals surface area contributed by atoms with Crippen LogP contribution < -0.4 is 11.1 Å². The Kier molecular flexibility index (Phi) is 8.38. The first-order chi connectivity index (χ1) is 11.5. The predicted octanol–water partition coefficient (Wildman–Crippen LogP) is 1.26. The van der Waals surface area contributed by atoms with Crippen molar-refractivity contribution in [3.8, 4) is 0 Å². The molecule has 1 fully saturated rings. The molecule has 25 heavy (non-hydrogen) atoms. The molecule has 0 aromatic carbocycles. The van der Waals surface area contributed by atoms with E-state index in [-0.39, 0.29) is 30.1 Å². The number of hydrogen-bond acceptors (Lipinski definition) is 4. The van der Waals surface area contributed by atoms with E-state index in [0.717, 1.165) is 37.2 Å². The van der Waals surface area contributed by atoms with Gasteiger partial charge in [-0.25, -0.2) is 0 Å². The van der Waals surface area contributed by atoms with Crippen LogP contribution in [0.15, 0.2) is 0 Å². The second-order valence-electron chi connectivity index (χ2n) is 6.44. The Labute approximate surface area is 155 Å². The van der Waals surface area contributed by atoms with Crippen molar-refractivity contribution >= 4 is 24.2 Å². The van der Waals surface area contributed by atoms with Crippen LogP contribution in [0.2, 0.25) is 0 Å². The van der Waals surface area contributed by atoms with E-state index in [1.54, 1.807) is 4.90 Å². The molecule has 1 aliphatic rings. The normalized spacial score (nSPS) is 17.1. The number of aryl methyl sites for hydroxylation is 2. The fraction of sp³-hybridized carbons (Fsp3) is 0.706. The molecular formula is C17H30ClN5O2. The van der Waals surface area contributed by atoms with Gasteiger partial charge in [0.1, 0.15) is 0 Å². The van der Waals surface area contributed by atoms with Gasteiger partial charge in [0, 0.05) is 38.4 Å². The molecule has 1 aromatic heterocycles. The van der Waals surface area contributed by atoms with Crippen LogP contribution >= 0.6 is 12.4 Å². The zero-order valence-corrected chi connectivity index (χ0v) is 16.2. The SMILES string of the molecule is CCCn1nc(C)c(C(=O)N2CCCC(C(=O)NCCN)C2)c1C.Cl. The highest BCUT2D eigenvalue weighted by Crippen LogP contribution is 2.22. The fourth-order valence-electron chi connectivity index (χ4n) is 3.31. The maximum Gasteiger partial charge on any atom is 0.257 e. The van der Waals surface area contributed by atoms with Gasteiger partial charge in [0.05, 0.1) is 17.2 Å². The molecule has 0 bridgehead atoms. The molecular weight excluding hydrogens is 342 g/mol. The van der Waals surface area contributed by atoms with Crippen LogP contribution in [0, 0.1) is 19.8 Å². The van der Waals surface area contributed by atoms with E-state index in [4.69, 9.17) is 5.73 Å². The van der Waals surface area contributed by atoms with Crippen molar-refractivity contribution in [1.82, 2.24) is 20.0 Å². The average molecular weight is 372 g/mol. The molecule has 1 saturated heterocycles. The number of aromatic nitrogens is 2. The van der Waals surface area contributed by atoms with Crippen molar-refractivity contribution in [2.75, 3.05) is 26.2 Å². The molecule has 0 aliphatic carbocycles. The van der Waals surface area contributed by atoms with Gasteiger partial charge in [0.15, 0.2) is 0 Å². The maximum atomic E-state index is 13.0. The number of amides is 2. The van der Waals surface area contributed by atoms with Crippen LogP contribution in [-0.4, -0.2) is 52.7 Å². The number of hydrogen-bond donors (Lipinski definition) is 2. The van der Waals surface area contributed by atoms with Crippen molar-refractivity contribution < 1.29 is 9.59 Å². The van der Waals surface area contributed by atoms with Crippen molar-refractivity contribution in [3.05, 3.63) is 17.0 Å².